The first-order valence-electron chi connectivity index (χ1n) is 7.72. The number of carbonyl (C=O) groups is 1. The van der Waals surface area contributed by atoms with Crippen LogP contribution in [0.2, 0.25) is 0 Å². The van der Waals surface area contributed by atoms with Crippen molar-refractivity contribution in [2.24, 2.45) is 0 Å². The molecule has 130 valence electrons. The van der Waals surface area contributed by atoms with Crippen LogP contribution in [0.25, 0.3) is 0 Å². The van der Waals surface area contributed by atoms with Crippen molar-refractivity contribution in [3.8, 4) is 11.8 Å². The van der Waals surface area contributed by atoms with E-state index in [1.54, 1.807) is 50.4 Å². The molecule has 0 aliphatic heterocycles. The van der Waals surface area contributed by atoms with Gasteiger partial charge in [0.15, 0.2) is 0 Å². The quantitative estimate of drug-likeness (QED) is 0.823. The number of aryl methyl sites for hydroxylation is 2. The van der Waals surface area contributed by atoms with Crippen LogP contribution < -0.4 is 10.0 Å². The molecule has 0 aromatic heterocycles. The maximum Gasteiger partial charge on any atom is 0.252 e. The SMILES string of the molecule is CNC(=O)c1ccccc1C#CCNS(=O)(=O)c1cc(C)ccc1C. The Bertz CT molecular complexity index is 954. The van der Waals surface area contributed by atoms with Gasteiger partial charge in [0.05, 0.1) is 17.0 Å². The maximum absolute atomic E-state index is 12.4. The van der Waals surface area contributed by atoms with Gasteiger partial charge in [0.2, 0.25) is 10.0 Å². The van der Waals surface area contributed by atoms with Gasteiger partial charge >= 0.3 is 0 Å². The van der Waals surface area contributed by atoms with Gasteiger partial charge in [-0.3, -0.25) is 4.79 Å². The molecule has 6 heteroatoms. The molecule has 0 fully saturated rings. The van der Waals surface area contributed by atoms with E-state index in [0.29, 0.717) is 16.7 Å². The Labute approximate surface area is 148 Å². The van der Waals surface area contributed by atoms with E-state index >= 15 is 0 Å². The normalized spacial score (nSPS) is 10.7. The molecule has 0 radical (unpaired) electrons. The van der Waals surface area contributed by atoms with E-state index in [-0.39, 0.29) is 17.3 Å². The van der Waals surface area contributed by atoms with Crippen molar-refractivity contribution >= 4 is 15.9 Å². The molecule has 2 aromatic carbocycles. The predicted octanol–water partition coefficient (Wildman–Crippen LogP) is 1.99. The zero-order valence-electron chi connectivity index (χ0n) is 14.4. The lowest BCUT2D eigenvalue weighted by atomic mass is 10.1. The van der Waals surface area contributed by atoms with E-state index in [1.807, 2.05) is 13.0 Å². The second-order valence-corrected chi connectivity index (χ2v) is 7.26. The standard InChI is InChI=1S/C19H20N2O3S/c1-14-10-11-15(2)18(13-14)25(23,24)21-12-6-8-16-7-4-5-9-17(16)19(22)20-3/h4-5,7,9-11,13,21H,12H2,1-3H3,(H,20,22). The number of carbonyl (C=O) groups excluding carboxylic acids is 1. The lowest BCUT2D eigenvalue weighted by Gasteiger charge is -2.08. The second-order valence-electron chi connectivity index (χ2n) is 5.52. The lowest BCUT2D eigenvalue weighted by molar-refractivity contribution is 0.0963. The summed E-state index contributed by atoms with van der Waals surface area (Å²) >= 11 is 0. The fraction of sp³-hybridized carbons (Fsp3) is 0.211. The Kier molecular flexibility index (Phi) is 5.97. The Morgan fingerprint density at radius 2 is 1.84 bits per heavy atom. The Morgan fingerprint density at radius 3 is 2.56 bits per heavy atom. The molecule has 5 nitrogen and oxygen atoms in total. The minimum absolute atomic E-state index is 0.0439. The van der Waals surface area contributed by atoms with Crippen LogP contribution in [-0.2, 0) is 10.0 Å². The average Bonchev–Trinajstić information content (AvgIpc) is 2.60. The van der Waals surface area contributed by atoms with Crippen molar-refractivity contribution in [1.29, 1.82) is 0 Å². The van der Waals surface area contributed by atoms with E-state index in [1.165, 1.54) is 0 Å². The minimum atomic E-state index is -3.63. The zero-order valence-corrected chi connectivity index (χ0v) is 15.2. The summed E-state index contributed by atoms with van der Waals surface area (Å²) in [5.41, 5.74) is 2.55. The van der Waals surface area contributed by atoms with Gasteiger partial charge in [0, 0.05) is 12.6 Å². The van der Waals surface area contributed by atoms with Crippen molar-refractivity contribution in [2.45, 2.75) is 18.7 Å². The van der Waals surface area contributed by atoms with E-state index in [9.17, 15) is 13.2 Å². The summed E-state index contributed by atoms with van der Waals surface area (Å²) < 4.78 is 27.3. The molecule has 0 saturated carbocycles. The number of hydrogen-bond acceptors (Lipinski definition) is 3. The molecule has 25 heavy (non-hydrogen) atoms. The molecule has 0 aliphatic carbocycles. The summed E-state index contributed by atoms with van der Waals surface area (Å²) in [5.74, 6) is 5.37. The zero-order chi connectivity index (χ0) is 18.4. The average molecular weight is 356 g/mol. The summed E-state index contributed by atoms with van der Waals surface area (Å²) in [4.78, 5) is 12.0. The summed E-state index contributed by atoms with van der Waals surface area (Å²) in [6, 6.07) is 12.2. The maximum atomic E-state index is 12.4. The Morgan fingerprint density at radius 1 is 1.12 bits per heavy atom. The van der Waals surface area contributed by atoms with E-state index in [2.05, 4.69) is 21.9 Å². The van der Waals surface area contributed by atoms with Gasteiger partial charge in [-0.25, -0.2) is 8.42 Å². The van der Waals surface area contributed by atoms with Crippen molar-refractivity contribution < 1.29 is 13.2 Å². The second kappa shape index (κ2) is 7.97. The van der Waals surface area contributed by atoms with Gasteiger partial charge < -0.3 is 5.32 Å². The van der Waals surface area contributed by atoms with Crippen molar-refractivity contribution in [2.75, 3.05) is 13.6 Å². The van der Waals surface area contributed by atoms with Gasteiger partial charge in [-0.1, -0.05) is 36.1 Å². The number of amides is 1. The van der Waals surface area contributed by atoms with E-state index in [0.717, 1.165) is 5.56 Å². The van der Waals surface area contributed by atoms with Crippen LogP contribution in [-0.4, -0.2) is 27.9 Å². The largest absolute Gasteiger partial charge is 0.355 e. The Hall–Kier alpha value is -2.62. The summed E-state index contributed by atoms with van der Waals surface area (Å²) in [7, 11) is -2.08. The van der Waals surface area contributed by atoms with Crippen LogP contribution in [0.4, 0.5) is 0 Å². The first-order valence-corrected chi connectivity index (χ1v) is 9.20. The molecule has 2 aromatic rings. The third kappa shape index (κ3) is 4.69. The minimum Gasteiger partial charge on any atom is -0.355 e. The molecule has 0 atom stereocenters. The lowest BCUT2D eigenvalue weighted by Crippen LogP contribution is -2.25. The number of rotatable bonds is 4. The molecule has 0 bridgehead atoms. The molecule has 0 spiro atoms. The molecule has 2 rings (SSSR count). The summed E-state index contributed by atoms with van der Waals surface area (Å²) in [6.45, 7) is 3.55. The third-order valence-corrected chi connectivity index (χ3v) is 5.15. The van der Waals surface area contributed by atoms with E-state index < -0.39 is 10.0 Å². The van der Waals surface area contributed by atoms with Gasteiger partial charge in [0.25, 0.3) is 5.91 Å². The number of hydrogen-bond donors (Lipinski definition) is 2. The van der Waals surface area contributed by atoms with Crippen LogP contribution in [0.15, 0.2) is 47.4 Å². The predicted molar refractivity (Wildman–Crippen MR) is 97.8 cm³/mol. The molecule has 2 N–H and O–H groups in total. The molecule has 0 saturated heterocycles. The highest BCUT2D eigenvalue weighted by Gasteiger charge is 2.15. The van der Waals surface area contributed by atoms with Gasteiger partial charge in [-0.05, 0) is 43.2 Å². The molecular weight excluding hydrogens is 336 g/mol. The highest BCUT2D eigenvalue weighted by molar-refractivity contribution is 7.89. The van der Waals surface area contributed by atoms with E-state index in [4.69, 9.17) is 0 Å². The van der Waals surface area contributed by atoms with Crippen LogP contribution in [0.3, 0.4) is 0 Å². The molecule has 0 aliphatic rings. The topological polar surface area (TPSA) is 75.3 Å². The van der Waals surface area contributed by atoms with Crippen LogP contribution in [0, 0.1) is 25.7 Å². The van der Waals surface area contributed by atoms with Gasteiger partial charge in [-0.2, -0.15) is 4.72 Å². The fourth-order valence-electron chi connectivity index (χ4n) is 2.27. The smallest absolute Gasteiger partial charge is 0.252 e. The number of nitrogens with one attached hydrogen (secondary N) is 2. The fourth-order valence-corrected chi connectivity index (χ4v) is 3.52. The van der Waals surface area contributed by atoms with Crippen LogP contribution in [0.5, 0.6) is 0 Å². The van der Waals surface area contributed by atoms with Crippen molar-refractivity contribution in [1.82, 2.24) is 10.0 Å². The number of benzene rings is 2. The first kappa shape index (κ1) is 18.7. The molecule has 1 amide bonds. The highest BCUT2D eigenvalue weighted by atomic mass is 32.2. The highest BCUT2D eigenvalue weighted by Crippen LogP contribution is 2.16. The van der Waals surface area contributed by atoms with Gasteiger partial charge in [-0.15, -0.1) is 0 Å². The van der Waals surface area contributed by atoms with Crippen molar-refractivity contribution in [3.05, 3.63) is 64.7 Å². The summed E-state index contributed by atoms with van der Waals surface area (Å²) in [6.07, 6.45) is 0. The third-order valence-electron chi connectivity index (χ3n) is 3.61. The number of sulfonamides is 1. The van der Waals surface area contributed by atoms with Crippen LogP contribution >= 0.6 is 0 Å². The van der Waals surface area contributed by atoms with Gasteiger partial charge in [0.1, 0.15) is 0 Å². The summed E-state index contributed by atoms with van der Waals surface area (Å²) in [5, 5.41) is 2.55. The first-order chi connectivity index (χ1) is 11.8. The Balaban J connectivity index is 2.16. The molecular formula is C19H20N2O3S. The molecule has 0 unspecified atom stereocenters. The molecule has 0 heterocycles. The van der Waals surface area contributed by atoms with Crippen LogP contribution in [0.1, 0.15) is 27.0 Å². The monoisotopic (exact) mass is 356 g/mol. The van der Waals surface area contributed by atoms with Crippen molar-refractivity contribution in [3.63, 3.8) is 0 Å².